The summed E-state index contributed by atoms with van der Waals surface area (Å²) in [5.41, 5.74) is 0.401. The summed E-state index contributed by atoms with van der Waals surface area (Å²) in [6, 6.07) is 25.6. The molecule has 0 unspecified atom stereocenters. The summed E-state index contributed by atoms with van der Waals surface area (Å²) >= 11 is 0. The minimum absolute atomic E-state index is 0.115. The molecule has 0 fully saturated rings. The second kappa shape index (κ2) is 8.15. The van der Waals surface area contributed by atoms with Crippen LogP contribution in [0.5, 0.6) is 11.5 Å². The Kier molecular flexibility index (Phi) is 5.40. The van der Waals surface area contributed by atoms with Gasteiger partial charge in [-0.15, -0.1) is 0 Å². The number of fused-ring (bicyclic) bond motifs is 1. The molecule has 0 saturated heterocycles. The van der Waals surface area contributed by atoms with Gasteiger partial charge in [0.15, 0.2) is 0 Å². The van der Waals surface area contributed by atoms with E-state index in [0.717, 1.165) is 10.8 Å². The van der Waals surface area contributed by atoms with Crippen LogP contribution in [-0.4, -0.2) is 18.2 Å². The van der Waals surface area contributed by atoms with Crippen molar-refractivity contribution < 1.29 is 23.7 Å². The summed E-state index contributed by atoms with van der Waals surface area (Å²) in [5.74, 6) is -0.610. The summed E-state index contributed by atoms with van der Waals surface area (Å²) < 4.78 is 24.9. The average molecular weight is 418 g/mol. The Morgan fingerprint density at radius 3 is 2.20 bits per heavy atom. The lowest BCUT2D eigenvalue weighted by molar-refractivity contribution is 0.0738. The average Bonchev–Trinajstić information content (AvgIpc) is 2.79. The maximum absolute atomic E-state index is 13.8. The third kappa shape index (κ3) is 3.50. The molecular weight excluding hydrogens is 399 g/mol. The molecule has 4 aromatic carbocycles. The van der Waals surface area contributed by atoms with Crippen molar-refractivity contribution in [1.29, 1.82) is 0 Å². The molecule has 6 heteroatoms. The smallest absolute Gasteiger partial charge is 0.344 e. The lowest BCUT2D eigenvalue weighted by atomic mass is 10.0. The third-order valence-electron chi connectivity index (χ3n) is 4.85. The predicted octanol–water partition coefficient (Wildman–Crippen LogP) is 4.64. The van der Waals surface area contributed by atoms with Crippen LogP contribution in [-0.2, 0) is 9.09 Å². The lowest BCUT2D eigenvalue weighted by Gasteiger charge is -2.20. The van der Waals surface area contributed by atoms with Gasteiger partial charge in [0, 0.05) is 7.11 Å². The van der Waals surface area contributed by atoms with Crippen LogP contribution in [0, 0.1) is 0 Å². The van der Waals surface area contributed by atoms with Crippen molar-refractivity contribution in [2.24, 2.45) is 0 Å². The predicted molar refractivity (Wildman–Crippen MR) is 117 cm³/mol. The lowest BCUT2D eigenvalue weighted by Crippen LogP contribution is -2.21. The second-order valence-electron chi connectivity index (χ2n) is 6.61. The van der Waals surface area contributed by atoms with Crippen molar-refractivity contribution >= 4 is 34.7 Å². The first-order valence-electron chi connectivity index (χ1n) is 9.28. The Morgan fingerprint density at radius 1 is 0.800 bits per heavy atom. The molecule has 0 heterocycles. The topological polar surface area (TPSA) is 72.8 Å². The highest BCUT2D eigenvalue weighted by Gasteiger charge is 2.34. The molecule has 0 amide bonds. The van der Waals surface area contributed by atoms with Crippen molar-refractivity contribution in [3.8, 4) is 11.5 Å². The number of aromatic hydroxyl groups is 1. The van der Waals surface area contributed by atoms with Crippen molar-refractivity contribution in [1.82, 2.24) is 0 Å². The maximum atomic E-state index is 13.8. The summed E-state index contributed by atoms with van der Waals surface area (Å²) in [4.78, 5) is 13.0. The molecule has 5 nitrogen and oxygen atoms in total. The van der Waals surface area contributed by atoms with E-state index < -0.39 is 13.3 Å². The first kappa shape index (κ1) is 19.9. The van der Waals surface area contributed by atoms with E-state index in [-0.39, 0.29) is 22.1 Å². The summed E-state index contributed by atoms with van der Waals surface area (Å²) in [6.07, 6.45) is 0. The second-order valence-corrected chi connectivity index (χ2v) is 9.04. The number of benzene rings is 4. The standard InChI is InChI=1S/C24H19O5P/c1-28-30(27,22-15-6-4-13-20(22)25)23-16-7-5-14-21(23)29-24(26)19-12-8-10-17-9-2-3-11-18(17)19/h2-16,25H,1H3/t30-/m1/s1. The van der Waals surface area contributed by atoms with Crippen molar-refractivity contribution in [3.63, 3.8) is 0 Å². The number of ether oxygens (including phenoxy) is 1. The van der Waals surface area contributed by atoms with E-state index in [2.05, 4.69) is 0 Å². The van der Waals surface area contributed by atoms with Gasteiger partial charge in [0.05, 0.1) is 16.2 Å². The number of phenols is 1. The Bertz CT molecular complexity index is 1280. The van der Waals surface area contributed by atoms with E-state index in [4.69, 9.17) is 9.26 Å². The molecule has 0 aliphatic rings. The van der Waals surface area contributed by atoms with E-state index in [1.54, 1.807) is 48.5 Å². The number of carbonyl (C=O) groups is 1. The van der Waals surface area contributed by atoms with Gasteiger partial charge in [-0.05, 0) is 41.1 Å². The van der Waals surface area contributed by atoms with Gasteiger partial charge >= 0.3 is 5.97 Å². The first-order valence-corrected chi connectivity index (χ1v) is 10.9. The quantitative estimate of drug-likeness (QED) is 0.290. The maximum Gasteiger partial charge on any atom is 0.344 e. The summed E-state index contributed by atoms with van der Waals surface area (Å²) in [7, 11) is -2.40. The number of para-hydroxylation sites is 2. The van der Waals surface area contributed by atoms with Gasteiger partial charge in [-0.3, -0.25) is 4.57 Å². The number of carbonyl (C=O) groups excluding carboxylic acids is 1. The van der Waals surface area contributed by atoms with Gasteiger partial charge in [-0.2, -0.15) is 0 Å². The van der Waals surface area contributed by atoms with Crippen LogP contribution in [0.2, 0.25) is 0 Å². The zero-order valence-electron chi connectivity index (χ0n) is 16.2. The first-order chi connectivity index (χ1) is 14.5. The monoisotopic (exact) mass is 418 g/mol. The molecule has 0 aromatic heterocycles. The number of phenolic OH excluding ortho intramolecular Hbond substituents is 1. The highest BCUT2D eigenvalue weighted by molar-refractivity contribution is 7.74. The highest BCUT2D eigenvalue weighted by atomic mass is 31.2. The van der Waals surface area contributed by atoms with Crippen LogP contribution in [0.1, 0.15) is 10.4 Å². The van der Waals surface area contributed by atoms with Gasteiger partial charge in [0.25, 0.3) is 7.37 Å². The van der Waals surface area contributed by atoms with E-state index in [0.29, 0.717) is 5.56 Å². The molecule has 0 bridgehead atoms. The van der Waals surface area contributed by atoms with Crippen LogP contribution in [0.25, 0.3) is 10.8 Å². The molecule has 0 radical (unpaired) electrons. The van der Waals surface area contributed by atoms with Crippen molar-refractivity contribution in [2.45, 2.75) is 0 Å². The van der Waals surface area contributed by atoms with Crippen molar-refractivity contribution in [2.75, 3.05) is 7.11 Å². The molecule has 4 rings (SSSR count). The largest absolute Gasteiger partial charge is 0.507 e. The number of hydrogen-bond donors (Lipinski definition) is 1. The molecule has 0 saturated carbocycles. The minimum Gasteiger partial charge on any atom is -0.507 e. The van der Waals surface area contributed by atoms with E-state index in [9.17, 15) is 14.5 Å². The Labute approximate surface area is 174 Å². The molecule has 0 spiro atoms. The number of hydrogen-bond acceptors (Lipinski definition) is 5. The minimum atomic E-state index is -3.70. The van der Waals surface area contributed by atoms with Crippen molar-refractivity contribution in [3.05, 3.63) is 96.6 Å². The van der Waals surface area contributed by atoms with Crippen LogP contribution in [0.4, 0.5) is 0 Å². The Morgan fingerprint density at radius 2 is 1.43 bits per heavy atom. The van der Waals surface area contributed by atoms with E-state index in [1.165, 1.54) is 19.2 Å². The molecule has 0 aliphatic heterocycles. The zero-order chi connectivity index (χ0) is 21.1. The highest BCUT2D eigenvalue weighted by Crippen LogP contribution is 2.48. The van der Waals surface area contributed by atoms with Gasteiger partial charge in [0.2, 0.25) is 0 Å². The van der Waals surface area contributed by atoms with Gasteiger partial charge < -0.3 is 14.4 Å². The molecule has 0 aliphatic carbocycles. The fourth-order valence-corrected chi connectivity index (χ4v) is 5.39. The van der Waals surface area contributed by atoms with Gasteiger partial charge in [0.1, 0.15) is 11.5 Å². The van der Waals surface area contributed by atoms with Crippen LogP contribution < -0.4 is 15.3 Å². The molecular formula is C24H19O5P. The van der Waals surface area contributed by atoms with Crippen LogP contribution in [0.3, 0.4) is 0 Å². The number of rotatable bonds is 5. The van der Waals surface area contributed by atoms with Crippen LogP contribution >= 0.6 is 7.37 Å². The molecule has 150 valence electrons. The molecule has 4 aromatic rings. The van der Waals surface area contributed by atoms with Gasteiger partial charge in [-0.25, -0.2) is 4.79 Å². The van der Waals surface area contributed by atoms with Gasteiger partial charge in [-0.1, -0.05) is 60.7 Å². The summed E-state index contributed by atoms with van der Waals surface area (Å²) in [5, 5.41) is 12.3. The zero-order valence-corrected chi connectivity index (χ0v) is 17.1. The molecule has 1 N–H and O–H groups in total. The third-order valence-corrected chi connectivity index (χ3v) is 7.38. The molecule has 30 heavy (non-hydrogen) atoms. The van der Waals surface area contributed by atoms with E-state index in [1.807, 2.05) is 30.3 Å². The van der Waals surface area contributed by atoms with E-state index >= 15 is 0 Å². The number of esters is 1. The Hall–Kier alpha value is -3.40. The fraction of sp³-hybridized carbons (Fsp3) is 0.0417. The SMILES string of the molecule is CO[P@](=O)(c1ccccc1O)c1ccccc1OC(=O)c1cccc2ccccc12. The van der Waals surface area contributed by atoms with Crippen LogP contribution in [0.15, 0.2) is 91.0 Å². The fourth-order valence-electron chi connectivity index (χ4n) is 3.38. The molecule has 1 atom stereocenters. The summed E-state index contributed by atoms with van der Waals surface area (Å²) in [6.45, 7) is 0. The normalized spacial score (nSPS) is 13.0. The Balaban J connectivity index is 1.78.